The second-order valence-corrected chi connectivity index (χ2v) is 3.84. The predicted octanol–water partition coefficient (Wildman–Crippen LogP) is 1.63. The molecule has 0 saturated heterocycles. The van der Waals surface area contributed by atoms with Crippen LogP contribution in [0.15, 0.2) is 35.0 Å². The van der Waals surface area contributed by atoms with Crippen LogP contribution in [-0.4, -0.2) is 22.2 Å². The van der Waals surface area contributed by atoms with E-state index in [1.165, 1.54) is 6.39 Å². The predicted molar refractivity (Wildman–Crippen MR) is 59.8 cm³/mol. The molecule has 2 rings (SSSR count). The maximum absolute atomic E-state index is 11.7. The Bertz CT molecular complexity index is 449. The van der Waals surface area contributed by atoms with Gasteiger partial charge in [0, 0.05) is 18.8 Å². The summed E-state index contributed by atoms with van der Waals surface area (Å²) in [5, 5.41) is 3.69. The summed E-state index contributed by atoms with van der Waals surface area (Å²) in [6.07, 6.45) is 6.91. The Morgan fingerprint density at radius 2 is 2.41 bits per heavy atom. The van der Waals surface area contributed by atoms with Crippen molar-refractivity contribution in [3.63, 3.8) is 0 Å². The van der Waals surface area contributed by atoms with Gasteiger partial charge >= 0.3 is 5.97 Å². The number of aromatic nitrogens is 2. The minimum atomic E-state index is -0.321. The van der Waals surface area contributed by atoms with Crippen molar-refractivity contribution in [1.82, 2.24) is 10.1 Å². The number of ether oxygens (including phenoxy) is 1. The van der Waals surface area contributed by atoms with Crippen molar-refractivity contribution in [3.05, 3.63) is 30.4 Å². The number of hydrogen-bond donors (Lipinski definition) is 0. The Hall–Kier alpha value is -2.11. The van der Waals surface area contributed by atoms with E-state index in [-0.39, 0.29) is 12.1 Å². The number of hydrogen-bond acceptors (Lipinski definition) is 6. The highest BCUT2D eigenvalue weighted by molar-refractivity contribution is 5.89. The normalized spacial score (nSPS) is 15.0. The molecule has 1 aromatic heterocycles. The highest BCUT2D eigenvalue weighted by Gasteiger charge is 2.17. The lowest BCUT2D eigenvalue weighted by Gasteiger charge is -2.17. The quantitative estimate of drug-likeness (QED) is 0.742. The minimum absolute atomic E-state index is 0.132. The van der Waals surface area contributed by atoms with Crippen LogP contribution in [0.2, 0.25) is 0 Å². The van der Waals surface area contributed by atoms with Gasteiger partial charge < -0.3 is 9.26 Å². The van der Waals surface area contributed by atoms with Crippen molar-refractivity contribution in [2.24, 2.45) is 0 Å². The van der Waals surface area contributed by atoms with Gasteiger partial charge in [0.15, 0.2) is 0 Å². The number of nitrogens with zero attached hydrogens (tertiary/aromatic N) is 3. The lowest BCUT2D eigenvalue weighted by Crippen LogP contribution is -2.20. The Balaban J connectivity index is 2.12. The van der Waals surface area contributed by atoms with Gasteiger partial charge in [-0.25, -0.2) is 4.79 Å². The van der Waals surface area contributed by atoms with Crippen LogP contribution < -0.4 is 4.90 Å². The third kappa shape index (κ3) is 2.72. The minimum Gasteiger partial charge on any atom is -0.460 e. The van der Waals surface area contributed by atoms with Crippen LogP contribution in [0.3, 0.4) is 0 Å². The molecule has 0 amide bonds. The molecule has 17 heavy (non-hydrogen) atoms. The molecular formula is C11H13N3O3. The summed E-state index contributed by atoms with van der Waals surface area (Å²) >= 11 is 0. The van der Waals surface area contributed by atoms with E-state index in [4.69, 9.17) is 4.74 Å². The molecule has 6 heteroatoms. The highest BCUT2D eigenvalue weighted by atomic mass is 16.5. The summed E-state index contributed by atoms with van der Waals surface area (Å²) in [5.74, 6) is 0.0636. The second kappa shape index (κ2) is 4.82. The maximum atomic E-state index is 11.7. The number of esters is 1. The summed E-state index contributed by atoms with van der Waals surface area (Å²) in [7, 11) is 0. The summed E-state index contributed by atoms with van der Waals surface area (Å²) in [6, 6.07) is 0. The topological polar surface area (TPSA) is 68.5 Å². The third-order valence-corrected chi connectivity index (χ3v) is 2.08. The number of carbonyl (C=O) groups is 1. The largest absolute Gasteiger partial charge is 0.460 e. The van der Waals surface area contributed by atoms with Crippen LogP contribution in [0.1, 0.15) is 20.3 Å². The van der Waals surface area contributed by atoms with Gasteiger partial charge in [0.1, 0.15) is 0 Å². The van der Waals surface area contributed by atoms with E-state index in [1.807, 2.05) is 19.9 Å². The fourth-order valence-electron chi connectivity index (χ4n) is 1.39. The molecule has 1 aromatic rings. The Morgan fingerprint density at radius 3 is 3.06 bits per heavy atom. The van der Waals surface area contributed by atoms with Gasteiger partial charge in [0.05, 0.1) is 11.7 Å². The molecule has 0 fully saturated rings. The average Bonchev–Trinajstić information content (AvgIpc) is 2.82. The molecule has 0 aliphatic carbocycles. The fraction of sp³-hybridized carbons (Fsp3) is 0.364. The molecule has 0 radical (unpaired) electrons. The average molecular weight is 235 g/mol. The van der Waals surface area contributed by atoms with Crippen LogP contribution in [-0.2, 0) is 9.53 Å². The van der Waals surface area contributed by atoms with E-state index in [0.717, 1.165) is 0 Å². The van der Waals surface area contributed by atoms with Gasteiger partial charge in [0.25, 0.3) is 5.95 Å². The highest BCUT2D eigenvalue weighted by Crippen LogP contribution is 2.18. The van der Waals surface area contributed by atoms with Crippen LogP contribution in [0.4, 0.5) is 5.95 Å². The molecule has 0 aromatic carbocycles. The summed E-state index contributed by atoms with van der Waals surface area (Å²) in [4.78, 5) is 17.2. The van der Waals surface area contributed by atoms with Crippen molar-refractivity contribution in [2.75, 3.05) is 4.90 Å². The SMILES string of the molecule is CC(C)OC(=O)C1=CN(c2ncon2)C=CC1. The number of carbonyl (C=O) groups excluding carboxylic acids is 1. The van der Waals surface area contributed by atoms with Gasteiger partial charge in [-0.15, -0.1) is 0 Å². The molecule has 90 valence electrons. The first kappa shape index (κ1) is 11.4. The monoisotopic (exact) mass is 235 g/mol. The van der Waals surface area contributed by atoms with E-state index in [0.29, 0.717) is 17.9 Å². The first-order valence-corrected chi connectivity index (χ1v) is 5.30. The molecule has 2 heterocycles. The van der Waals surface area contributed by atoms with E-state index in [1.54, 1.807) is 17.3 Å². The van der Waals surface area contributed by atoms with Crippen LogP contribution in [0, 0.1) is 0 Å². The van der Waals surface area contributed by atoms with Gasteiger partial charge in [-0.05, 0) is 19.0 Å². The molecule has 0 spiro atoms. The summed E-state index contributed by atoms with van der Waals surface area (Å²) < 4.78 is 9.77. The first-order valence-electron chi connectivity index (χ1n) is 5.30. The Labute approximate surface area is 98.6 Å². The molecule has 0 N–H and O–H groups in total. The molecular weight excluding hydrogens is 222 g/mol. The van der Waals surface area contributed by atoms with Crippen LogP contribution >= 0.6 is 0 Å². The maximum Gasteiger partial charge on any atom is 0.336 e. The van der Waals surface area contributed by atoms with Crippen molar-refractivity contribution in [3.8, 4) is 0 Å². The zero-order chi connectivity index (χ0) is 12.3. The molecule has 0 bridgehead atoms. The van der Waals surface area contributed by atoms with Crippen LogP contribution in [0.5, 0.6) is 0 Å². The van der Waals surface area contributed by atoms with E-state index in [2.05, 4.69) is 14.7 Å². The Kier molecular flexibility index (Phi) is 3.22. The van der Waals surface area contributed by atoms with Crippen molar-refractivity contribution < 1.29 is 14.1 Å². The van der Waals surface area contributed by atoms with Gasteiger partial charge in [-0.3, -0.25) is 4.90 Å². The molecule has 0 atom stereocenters. The van der Waals surface area contributed by atoms with Crippen molar-refractivity contribution in [1.29, 1.82) is 0 Å². The third-order valence-electron chi connectivity index (χ3n) is 2.08. The van der Waals surface area contributed by atoms with E-state index < -0.39 is 0 Å². The lowest BCUT2D eigenvalue weighted by atomic mass is 10.1. The Morgan fingerprint density at radius 1 is 1.59 bits per heavy atom. The molecule has 1 aliphatic heterocycles. The second-order valence-electron chi connectivity index (χ2n) is 3.84. The molecule has 1 aliphatic rings. The van der Waals surface area contributed by atoms with Crippen LogP contribution in [0.25, 0.3) is 0 Å². The fourth-order valence-corrected chi connectivity index (χ4v) is 1.39. The van der Waals surface area contributed by atoms with E-state index >= 15 is 0 Å². The van der Waals surface area contributed by atoms with Gasteiger partial charge in [-0.2, -0.15) is 4.98 Å². The van der Waals surface area contributed by atoms with E-state index in [9.17, 15) is 4.79 Å². The summed E-state index contributed by atoms with van der Waals surface area (Å²) in [6.45, 7) is 3.63. The van der Waals surface area contributed by atoms with Gasteiger partial charge in [-0.1, -0.05) is 6.08 Å². The molecule has 0 unspecified atom stereocenters. The zero-order valence-electron chi connectivity index (χ0n) is 9.66. The van der Waals surface area contributed by atoms with Gasteiger partial charge in [0.2, 0.25) is 6.39 Å². The smallest absolute Gasteiger partial charge is 0.336 e. The van der Waals surface area contributed by atoms with Crippen molar-refractivity contribution in [2.45, 2.75) is 26.4 Å². The summed E-state index contributed by atoms with van der Waals surface area (Å²) in [5.41, 5.74) is 0.561. The first-order chi connectivity index (χ1) is 8.16. The number of anilines is 1. The standard InChI is InChI=1S/C11H13N3O3/c1-8(2)17-10(15)9-4-3-5-14(6-9)11-12-7-16-13-11/h3,5-8H,4H2,1-2H3. The molecule has 6 nitrogen and oxygen atoms in total. The zero-order valence-corrected chi connectivity index (χ0v) is 9.66. The lowest BCUT2D eigenvalue weighted by molar-refractivity contribution is -0.142. The number of allylic oxidation sites excluding steroid dienone is 1. The van der Waals surface area contributed by atoms with Crippen molar-refractivity contribution >= 4 is 11.9 Å². The molecule has 0 saturated carbocycles. The number of rotatable bonds is 3.